The largest absolute Gasteiger partial charge is 0.451 e. The number of nitrogens with one attached hydrogen (secondary N) is 2. The Kier molecular flexibility index (Phi) is 8.11. The average Bonchev–Trinajstić information content (AvgIpc) is 3.31. The zero-order chi connectivity index (χ0) is 29.0. The summed E-state index contributed by atoms with van der Waals surface area (Å²) in [5.41, 5.74) is 1.72. The molecule has 0 bridgehead atoms. The van der Waals surface area contributed by atoms with E-state index in [4.69, 9.17) is 9.57 Å². The lowest BCUT2D eigenvalue weighted by molar-refractivity contribution is -1.06. The van der Waals surface area contributed by atoms with Crippen LogP contribution in [-0.2, 0) is 19.2 Å². The van der Waals surface area contributed by atoms with Gasteiger partial charge in [0.05, 0.1) is 11.4 Å². The maximum Gasteiger partial charge on any atom is 0.363 e. The van der Waals surface area contributed by atoms with Crippen LogP contribution in [-0.4, -0.2) is 48.8 Å². The van der Waals surface area contributed by atoms with E-state index in [1.807, 2.05) is 0 Å². The fourth-order valence-corrected chi connectivity index (χ4v) is 4.45. The van der Waals surface area contributed by atoms with Gasteiger partial charge < -0.3 is 15.4 Å². The van der Waals surface area contributed by atoms with Crippen LogP contribution in [0.4, 0.5) is 15.8 Å². The molecule has 0 fully saturated rings. The number of hydroxylamine groups is 3. The summed E-state index contributed by atoms with van der Waals surface area (Å²) in [7, 11) is 3.25. The number of benzene rings is 3. The van der Waals surface area contributed by atoms with Gasteiger partial charge in [-0.25, -0.2) is 9.18 Å². The third kappa shape index (κ3) is 6.59. The summed E-state index contributed by atoms with van der Waals surface area (Å²) in [5, 5.41) is 6.15. The SMILES string of the molecule is CC(=O)OC(C[N+](C)(C)OC(C)=O)c1cccc(C(=O)C(C(=O)c2cccc(F)c2)=C2Nc3ccccc3N2)c1. The van der Waals surface area contributed by atoms with E-state index in [-0.39, 0.29) is 33.7 Å². The Morgan fingerprint density at radius 1 is 0.800 bits per heavy atom. The van der Waals surface area contributed by atoms with E-state index in [1.54, 1.807) is 50.5 Å². The third-order valence-corrected chi connectivity index (χ3v) is 6.05. The van der Waals surface area contributed by atoms with Gasteiger partial charge in [-0.15, -0.1) is 4.65 Å². The Balaban J connectivity index is 1.75. The first-order valence-corrected chi connectivity index (χ1v) is 12.5. The number of nitrogens with zero attached hydrogens (tertiary/aromatic N) is 1. The Morgan fingerprint density at radius 3 is 1.93 bits per heavy atom. The van der Waals surface area contributed by atoms with Crippen molar-refractivity contribution in [1.29, 1.82) is 0 Å². The smallest absolute Gasteiger partial charge is 0.363 e. The minimum absolute atomic E-state index is 0.00443. The number of quaternary nitrogens is 1. The van der Waals surface area contributed by atoms with Crippen LogP contribution in [0.2, 0.25) is 0 Å². The van der Waals surface area contributed by atoms with Crippen LogP contribution in [0.15, 0.2) is 84.2 Å². The molecule has 1 aliphatic rings. The highest BCUT2D eigenvalue weighted by Crippen LogP contribution is 2.33. The Morgan fingerprint density at radius 2 is 1.38 bits per heavy atom. The summed E-state index contributed by atoms with van der Waals surface area (Å²) in [6.45, 7) is 2.59. The summed E-state index contributed by atoms with van der Waals surface area (Å²) in [6, 6.07) is 18.6. The van der Waals surface area contributed by atoms with Crippen LogP contribution in [0, 0.1) is 5.82 Å². The lowest BCUT2D eigenvalue weighted by atomic mass is 9.93. The van der Waals surface area contributed by atoms with Crippen molar-refractivity contribution < 1.29 is 37.8 Å². The summed E-state index contributed by atoms with van der Waals surface area (Å²) >= 11 is 0. The second-order valence-corrected chi connectivity index (χ2v) is 9.78. The highest BCUT2D eigenvalue weighted by molar-refractivity contribution is 6.32. The van der Waals surface area contributed by atoms with Gasteiger partial charge in [0.1, 0.15) is 31.3 Å². The molecule has 0 saturated heterocycles. The molecule has 1 atom stereocenters. The number of para-hydroxylation sites is 2. The minimum Gasteiger partial charge on any atom is -0.451 e. The Labute approximate surface area is 230 Å². The second-order valence-electron chi connectivity index (χ2n) is 9.78. The number of fused-ring (bicyclic) bond motifs is 1. The maximum absolute atomic E-state index is 14.0. The third-order valence-electron chi connectivity index (χ3n) is 6.05. The van der Waals surface area contributed by atoms with Crippen molar-refractivity contribution in [2.45, 2.75) is 20.0 Å². The number of carbonyl (C=O) groups is 4. The number of allylic oxidation sites excluding steroid dienone is 1. The first-order chi connectivity index (χ1) is 18.9. The van der Waals surface area contributed by atoms with Crippen LogP contribution in [0.25, 0.3) is 0 Å². The zero-order valence-corrected chi connectivity index (χ0v) is 22.5. The molecule has 0 aromatic heterocycles. The molecule has 2 N–H and O–H groups in total. The predicted octanol–water partition coefficient (Wildman–Crippen LogP) is 4.80. The van der Waals surface area contributed by atoms with E-state index in [9.17, 15) is 23.6 Å². The highest BCUT2D eigenvalue weighted by Gasteiger charge is 2.32. The first-order valence-electron chi connectivity index (χ1n) is 12.5. The van der Waals surface area contributed by atoms with Gasteiger partial charge in [0.15, 0.2) is 12.6 Å². The van der Waals surface area contributed by atoms with Crippen molar-refractivity contribution in [2.75, 3.05) is 31.3 Å². The molecule has 206 valence electrons. The lowest BCUT2D eigenvalue weighted by Gasteiger charge is -2.29. The maximum atomic E-state index is 14.0. The molecule has 40 heavy (non-hydrogen) atoms. The molecule has 3 aromatic rings. The van der Waals surface area contributed by atoms with Crippen molar-refractivity contribution in [1.82, 2.24) is 0 Å². The molecule has 0 radical (unpaired) electrons. The molecule has 3 aromatic carbocycles. The molecular formula is C30H29FN3O6+. The summed E-state index contributed by atoms with van der Waals surface area (Å²) in [6.07, 6.45) is -0.874. The summed E-state index contributed by atoms with van der Waals surface area (Å²) in [4.78, 5) is 56.4. The summed E-state index contributed by atoms with van der Waals surface area (Å²) in [5.74, 6) is -2.84. The molecular weight excluding hydrogens is 517 g/mol. The van der Waals surface area contributed by atoms with Crippen molar-refractivity contribution in [3.05, 3.63) is 107 Å². The molecule has 1 aliphatic heterocycles. The first kappa shape index (κ1) is 28.2. The normalized spacial score (nSPS) is 12.9. The number of carbonyl (C=O) groups excluding carboxylic acids is 4. The number of Topliss-reactive ketones (excluding diaryl/α,β-unsaturated/α-hetero) is 2. The van der Waals surface area contributed by atoms with Gasteiger partial charge in [-0.05, 0) is 35.9 Å². The van der Waals surface area contributed by atoms with Gasteiger partial charge in [0, 0.05) is 25.0 Å². The van der Waals surface area contributed by atoms with E-state index >= 15 is 0 Å². The van der Waals surface area contributed by atoms with Crippen molar-refractivity contribution in [3.63, 3.8) is 0 Å². The molecule has 0 aliphatic carbocycles. The Bertz CT molecular complexity index is 1500. The lowest BCUT2D eigenvalue weighted by Crippen LogP contribution is -2.44. The Hall–Kier alpha value is -4.83. The van der Waals surface area contributed by atoms with Crippen LogP contribution in [0.1, 0.15) is 46.2 Å². The van der Waals surface area contributed by atoms with Crippen LogP contribution >= 0.6 is 0 Å². The van der Waals surface area contributed by atoms with Gasteiger partial charge in [-0.2, -0.15) is 0 Å². The quantitative estimate of drug-likeness (QED) is 0.0749. The molecule has 0 saturated carbocycles. The van der Waals surface area contributed by atoms with Crippen LogP contribution < -0.4 is 10.6 Å². The standard InChI is InChI=1S/C30H28FN3O6/c1-18(35)39-26(17-34(3,4)40-19(2)36)20-9-7-10-21(15-20)28(37)27(29(38)22-11-8-12-23(31)16-22)30-32-24-13-5-6-14-25(24)33-30/h5-16,26H,17H2,1-4H3,(H-,32,33,37,38)/p+1. The number of likely N-dealkylation sites (N-methyl/N-ethyl adjacent to an activating group) is 1. The minimum atomic E-state index is -0.874. The molecule has 9 nitrogen and oxygen atoms in total. The van der Waals surface area contributed by atoms with Crippen molar-refractivity contribution in [3.8, 4) is 0 Å². The van der Waals surface area contributed by atoms with Crippen LogP contribution in [0.5, 0.6) is 0 Å². The van der Waals surface area contributed by atoms with E-state index in [1.165, 1.54) is 44.2 Å². The van der Waals surface area contributed by atoms with Crippen LogP contribution in [0.3, 0.4) is 0 Å². The summed E-state index contributed by atoms with van der Waals surface area (Å²) < 4.78 is 19.3. The molecule has 10 heteroatoms. The zero-order valence-electron chi connectivity index (χ0n) is 22.5. The van der Waals surface area contributed by atoms with Gasteiger partial charge in [0.25, 0.3) is 0 Å². The van der Waals surface area contributed by atoms with E-state index in [0.29, 0.717) is 16.9 Å². The predicted molar refractivity (Wildman–Crippen MR) is 145 cm³/mol. The fourth-order valence-electron chi connectivity index (χ4n) is 4.45. The number of ketones is 2. The number of rotatable bonds is 9. The van der Waals surface area contributed by atoms with Gasteiger partial charge in [0.2, 0.25) is 11.6 Å². The topological polar surface area (TPSA) is 111 Å². The molecule has 0 amide bonds. The fraction of sp³-hybridized carbons (Fsp3) is 0.200. The van der Waals surface area contributed by atoms with Crippen molar-refractivity contribution >= 4 is 34.9 Å². The molecule has 1 unspecified atom stereocenters. The monoisotopic (exact) mass is 546 g/mol. The number of hydrogen-bond acceptors (Lipinski definition) is 8. The molecule has 1 heterocycles. The molecule has 0 spiro atoms. The highest BCUT2D eigenvalue weighted by atomic mass is 19.1. The van der Waals surface area contributed by atoms with E-state index < -0.39 is 35.4 Å². The number of esters is 1. The van der Waals surface area contributed by atoms with E-state index in [2.05, 4.69) is 10.6 Å². The average molecular weight is 547 g/mol. The van der Waals surface area contributed by atoms with Crippen molar-refractivity contribution in [2.24, 2.45) is 0 Å². The second kappa shape index (κ2) is 11.5. The molecule has 4 rings (SSSR count). The van der Waals surface area contributed by atoms with Gasteiger partial charge in [-0.3, -0.25) is 19.2 Å². The number of halogens is 1. The van der Waals surface area contributed by atoms with E-state index in [0.717, 1.165) is 6.07 Å². The number of ether oxygens (including phenoxy) is 1. The van der Waals surface area contributed by atoms with Gasteiger partial charge >= 0.3 is 11.9 Å². The van der Waals surface area contributed by atoms with Gasteiger partial charge in [-0.1, -0.05) is 42.5 Å². The number of hydrogen-bond donors (Lipinski definition) is 2. The number of anilines is 2.